The highest BCUT2D eigenvalue weighted by Gasteiger charge is 2.12. The third-order valence-corrected chi connectivity index (χ3v) is 1.65. The molecule has 0 aliphatic rings. The molecule has 0 aliphatic heterocycles. The zero-order valence-electron chi connectivity index (χ0n) is 6.95. The molecule has 0 aliphatic carbocycles. The van der Waals surface area contributed by atoms with E-state index in [-0.39, 0.29) is 11.1 Å². The average molecular weight is 192 g/mol. The molecule has 0 aromatic heterocycles. The SMILES string of the molecule is N#Cc1cc(C(N)=O)c(F)cc1C=O. The van der Waals surface area contributed by atoms with Crippen LogP contribution in [0.5, 0.6) is 0 Å². The lowest BCUT2D eigenvalue weighted by Crippen LogP contribution is -2.14. The summed E-state index contributed by atoms with van der Waals surface area (Å²) in [6, 6.07) is 3.43. The van der Waals surface area contributed by atoms with Crippen molar-refractivity contribution in [3.63, 3.8) is 0 Å². The van der Waals surface area contributed by atoms with Crippen molar-refractivity contribution in [3.05, 3.63) is 34.6 Å². The van der Waals surface area contributed by atoms with E-state index in [1.807, 2.05) is 0 Å². The molecular formula is C9H5FN2O2. The number of hydrogen-bond acceptors (Lipinski definition) is 3. The van der Waals surface area contributed by atoms with E-state index in [2.05, 4.69) is 0 Å². The van der Waals surface area contributed by atoms with Crippen LogP contribution in [0.15, 0.2) is 12.1 Å². The molecule has 0 bridgehead atoms. The largest absolute Gasteiger partial charge is 0.366 e. The summed E-state index contributed by atoms with van der Waals surface area (Å²) in [6.45, 7) is 0. The van der Waals surface area contributed by atoms with Crippen LogP contribution in [0.25, 0.3) is 0 Å². The molecule has 0 saturated carbocycles. The Morgan fingerprint density at radius 2 is 2.21 bits per heavy atom. The monoisotopic (exact) mass is 192 g/mol. The highest BCUT2D eigenvalue weighted by Crippen LogP contribution is 2.13. The molecule has 1 aromatic rings. The number of carbonyl (C=O) groups is 2. The van der Waals surface area contributed by atoms with Crippen molar-refractivity contribution in [1.29, 1.82) is 5.26 Å². The molecule has 0 spiro atoms. The lowest BCUT2D eigenvalue weighted by Gasteiger charge is -2.00. The van der Waals surface area contributed by atoms with Crippen molar-refractivity contribution in [2.45, 2.75) is 0 Å². The van der Waals surface area contributed by atoms with E-state index in [0.29, 0.717) is 6.29 Å². The molecule has 1 rings (SSSR count). The van der Waals surface area contributed by atoms with Gasteiger partial charge in [0.2, 0.25) is 0 Å². The van der Waals surface area contributed by atoms with Gasteiger partial charge in [0.15, 0.2) is 6.29 Å². The second-order valence-corrected chi connectivity index (χ2v) is 2.51. The van der Waals surface area contributed by atoms with Crippen molar-refractivity contribution in [2.24, 2.45) is 5.73 Å². The van der Waals surface area contributed by atoms with E-state index in [1.165, 1.54) is 0 Å². The lowest BCUT2D eigenvalue weighted by atomic mass is 10.0. The van der Waals surface area contributed by atoms with Gasteiger partial charge in [0, 0.05) is 5.56 Å². The molecule has 5 heteroatoms. The van der Waals surface area contributed by atoms with Crippen molar-refractivity contribution in [1.82, 2.24) is 0 Å². The first kappa shape index (κ1) is 9.86. The number of carbonyl (C=O) groups excluding carboxylic acids is 2. The first-order valence-electron chi connectivity index (χ1n) is 3.58. The van der Waals surface area contributed by atoms with E-state index in [1.54, 1.807) is 6.07 Å². The summed E-state index contributed by atoms with van der Waals surface area (Å²) >= 11 is 0. The number of benzene rings is 1. The minimum absolute atomic E-state index is 0.0739. The van der Waals surface area contributed by atoms with Gasteiger partial charge in [0.05, 0.1) is 17.2 Å². The van der Waals surface area contributed by atoms with E-state index < -0.39 is 17.3 Å². The van der Waals surface area contributed by atoms with Crippen LogP contribution in [0.4, 0.5) is 4.39 Å². The van der Waals surface area contributed by atoms with Crippen molar-refractivity contribution >= 4 is 12.2 Å². The smallest absolute Gasteiger partial charge is 0.251 e. The fourth-order valence-corrected chi connectivity index (χ4v) is 0.972. The van der Waals surface area contributed by atoms with Crippen LogP contribution in [-0.2, 0) is 0 Å². The number of rotatable bonds is 2. The number of hydrogen-bond donors (Lipinski definition) is 1. The van der Waals surface area contributed by atoms with Crippen LogP contribution in [-0.4, -0.2) is 12.2 Å². The Bertz CT molecular complexity index is 449. The van der Waals surface area contributed by atoms with E-state index in [4.69, 9.17) is 11.0 Å². The summed E-state index contributed by atoms with van der Waals surface area (Å²) < 4.78 is 13.0. The second-order valence-electron chi connectivity index (χ2n) is 2.51. The lowest BCUT2D eigenvalue weighted by molar-refractivity contribution is 0.0995. The van der Waals surface area contributed by atoms with E-state index in [0.717, 1.165) is 12.1 Å². The predicted octanol–water partition coefficient (Wildman–Crippen LogP) is 0.609. The first-order valence-corrected chi connectivity index (χ1v) is 3.58. The van der Waals surface area contributed by atoms with Crippen LogP contribution in [0.1, 0.15) is 26.3 Å². The minimum atomic E-state index is -0.976. The van der Waals surface area contributed by atoms with Gasteiger partial charge in [-0.15, -0.1) is 0 Å². The molecule has 4 nitrogen and oxygen atoms in total. The number of aldehydes is 1. The molecule has 1 aromatic carbocycles. The first-order chi connectivity index (χ1) is 6.60. The fraction of sp³-hybridized carbons (Fsp3) is 0. The summed E-state index contributed by atoms with van der Waals surface area (Å²) in [7, 11) is 0. The maximum Gasteiger partial charge on any atom is 0.251 e. The molecular weight excluding hydrogens is 187 g/mol. The van der Waals surface area contributed by atoms with Crippen LogP contribution in [0.2, 0.25) is 0 Å². The molecule has 0 heterocycles. The van der Waals surface area contributed by atoms with Gasteiger partial charge in [0.1, 0.15) is 5.82 Å². The predicted molar refractivity (Wildman–Crippen MR) is 45.0 cm³/mol. The Morgan fingerprint density at radius 1 is 1.57 bits per heavy atom. The summed E-state index contributed by atoms with van der Waals surface area (Å²) in [5.41, 5.74) is 4.28. The van der Waals surface area contributed by atoms with Gasteiger partial charge >= 0.3 is 0 Å². The number of primary amides is 1. The standard InChI is InChI=1S/C9H5FN2O2/c10-8-2-6(4-13)5(3-11)1-7(8)9(12)14/h1-2,4H,(H2,12,14). The zero-order chi connectivity index (χ0) is 10.7. The minimum Gasteiger partial charge on any atom is -0.366 e. The number of halogens is 1. The fourth-order valence-electron chi connectivity index (χ4n) is 0.972. The summed E-state index contributed by atoms with van der Waals surface area (Å²) in [4.78, 5) is 21.1. The van der Waals surface area contributed by atoms with Crippen LogP contribution in [0.3, 0.4) is 0 Å². The number of nitrogens with two attached hydrogens (primary N) is 1. The van der Waals surface area contributed by atoms with Crippen molar-refractivity contribution in [3.8, 4) is 6.07 Å². The van der Waals surface area contributed by atoms with E-state index >= 15 is 0 Å². The summed E-state index contributed by atoms with van der Waals surface area (Å²) in [6.07, 6.45) is 0.340. The molecule has 0 radical (unpaired) electrons. The molecule has 0 atom stereocenters. The topological polar surface area (TPSA) is 83.9 Å². The highest BCUT2D eigenvalue weighted by molar-refractivity contribution is 5.94. The zero-order valence-corrected chi connectivity index (χ0v) is 6.95. The number of nitriles is 1. The molecule has 2 N–H and O–H groups in total. The third kappa shape index (κ3) is 1.59. The van der Waals surface area contributed by atoms with Crippen molar-refractivity contribution < 1.29 is 14.0 Å². The maximum atomic E-state index is 13.0. The Balaban J connectivity index is 3.47. The average Bonchev–Trinajstić information content (AvgIpc) is 2.16. The van der Waals surface area contributed by atoms with Gasteiger partial charge in [-0.3, -0.25) is 9.59 Å². The number of nitrogens with zero attached hydrogens (tertiary/aromatic N) is 1. The van der Waals surface area contributed by atoms with Gasteiger partial charge in [0.25, 0.3) is 5.91 Å². The molecule has 0 fully saturated rings. The Hall–Kier alpha value is -2.22. The van der Waals surface area contributed by atoms with E-state index in [9.17, 15) is 14.0 Å². The molecule has 1 amide bonds. The summed E-state index contributed by atoms with van der Waals surface area (Å²) in [5.74, 6) is -1.88. The highest BCUT2D eigenvalue weighted by atomic mass is 19.1. The quantitative estimate of drug-likeness (QED) is 0.696. The van der Waals surface area contributed by atoms with Gasteiger partial charge < -0.3 is 5.73 Å². The van der Waals surface area contributed by atoms with Gasteiger partial charge in [-0.05, 0) is 12.1 Å². The van der Waals surface area contributed by atoms with Crippen LogP contribution < -0.4 is 5.73 Å². The molecule has 14 heavy (non-hydrogen) atoms. The van der Waals surface area contributed by atoms with Gasteiger partial charge in [-0.25, -0.2) is 4.39 Å². The van der Waals surface area contributed by atoms with Crippen LogP contribution in [0, 0.1) is 17.1 Å². The van der Waals surface area contributed by atoms with Crippen LogP contribution >= 0.6 is 0 Å². The van der Waals surface area contributed by atoms with Crippen molar-refractivity contribution in [2.75, 3.05) is 0 Å². The normalized spacial score (nSPS) is 9.14. The van der Waals surface area contributed by atoms with Gasteiger partial charge in [-0.1, -0.05) is 0 Å². The Morgan fingerprint density at radius 3 is 2.64 bits per heavy atom. The second kappa shape index (κ2) is 3.66. The Labute approximate surface area is 78.7 Å². The van der Waals surface area contributed by atoms with Gasteiger partial charge in [-0.2, -0.15) is 5.26 Å². The third-order valence-electron chi connectivity index (χ3n) is 1.65. The molecule has 0 saturated heterocycles. The maximum absolute atomic E-state index is 13.0. The Kier molecular flexibility index (Phi) is 2.58. The number of amides is 1. The molecule has 0 unspecified atom stereocenters. The summed E-state index contributed by atoms with van der Waals surface area (Å²) in [5, 5.41) is 8.56. The molecule has 70 valence electrons.